The lowest BCUT2D eigenvalue weighted by atomic mass is 10.1. The van der Waals surface area contributed by atoms with Gasteiger partial charge in [0.05, 0.1) is 5.92 Å². The molecule has 5 heteroatoms. The first-order valence-electron chi connectivity index (χ1n) is 5.84. The second-order valence-corrected chi connectivity index (χ2v) is 4.81. The third kappa shape index (κ3) is 2.19. The number of piperazine rings is 1. The van der Waals surface area contributed by atoms with E-state index in [-0.39, 0.29) is 17.7 Å². The van der Waals surface area contributed by atoms with Crippen LogP contribution in [0.2, 0.25) is 0 Å². The molecule has 0 aromatic carbocycles. The highest BCUT2D eigenvalue weighted by molar-refractivity contribution is 5.89. The predicted molar refractivity (Wildman–Crippen MR) is 59.8 cm³/mol. The van der Waals surface area contributed by atoms with Crippen LogP contribution in [-0.2, 0) is 9.59 Å². The molecule has 0 saturated carbocycles. The second kappa shape index (κ2) is 4.41. The Bertz CT molecular complexity index is 306. The average Bonchev–Trinajstić information content (AvgIpc) is 2.58. The highest BCUT2D eigenvalue weighted by atomic mass is 16.2. The molecule has 0 aliphatic carbocycles. The van der Waals surface area contributed by atoms with Crippen molar-refractivity contribution in [3.05, 3.63) is 0 Å². The molecule has 0 aromatic rings. The summed E-state index contributed by atoms with van der Waals surface area (Å²) in [7, 11) is 1.76. The minimum absolute atomic E-state index is 0.0848. The number of rotatable bonds is 1. The van der Waals surface area contributed by atoms with Gasteiger partial charge in [0.25, 0.3) is 0 Å². The number of likely N-dealkylation sites (tertiary alicyclic amines) is 1. The summed E-state index contributed by atoms with van der Waals surface area (Å²) < 4.78 is 0. The second-order valence-electron chi connectivity index (χ2n) is 4.81. The minimum atomic E-state index is -0.122. The Balaban J connectivity index is 1.94. The van der Waals surface area contributed by atoms with Crippen LogP contribution < -0.4 is 5.32 Å². The Morgan fingerprint density at radius 3 is 2.75 bits per heavy atom. The molecule has 2 aliphatic heterocycles. The molecule has 2 saturated heterocycles. The Hall–Kier alpha value is -1.10. The van der Waals surface area contributed by atoms with Crippen LogP contribution in [-0.4, -0.2) is 60.9 Å². The van der Waals surface area contributed by atoms with Crippen molar-refractivity contribution in [2.24, 2.45) is 5.92 Å². The zero-order chi connectivity index (χ0) is 11.7. The number of nitrogens with one attached hydrogen (secondary N) is 1. The SMILES string of the molecule is CC1CN(C(=O)C2CC(=O)N(C)C2)CCN1. The quantitative estimate of drug-likeness (QED) is 0.641. The monoisotopic (exact) mass is 225 g/mol. The standard InChI is InChI=1S/C11H19N3O2/c1-8-6-14(4-3-12-8)11(16)9-5-10(15)13(2)7-9/h8-9,12H,3-7H2,1-2H3. The van der Waals surface area contributed by atoms with E-state index >= 15 is 0 Å². The van der Waals surface area contributed by atoms with Crippen molar-refractivity contribution >= 4 is 11.8 Å². The molecule has 90 valence electrons. The van der Waals surface area contributed by atoms with Crippen molar-refractivity contribution in [1.82, 2.24) is 15.1 Å². The molecule has 0 bridgehead atoms. The summed E-state index contributed by atoms with van der Waals surface area (Å²) in [5.41, 5.74) is 0. The molecular weight excluding hydrogens is 206 g/mol. The van der Waals surface area contributed by atoms with Gasteiger partial charge in [-0.1, -0.05) is 0 Å². The number of hydrogen-bond acceptors (Lipinski definition) is 3. The summed E-state index contributed by atoms with van der Waals surface area (Å²) in [5.74, 6) is 0.107. The summed E-state index contributed by atoms with van der Waals surface area (Å²) in [6.45, 7) is 5.02. The lowest BCUT2D eigenvalue weighted by Crippen LogP contribution is -2.53. The van der Waals surface area contributed by atoms with Crippen molar-refractivity contribution in [2.75, 3.05) is 33.2 Å². The smallest absolute Gasteiger partial charge is 0.228 e. The van der Waals surface area contributed by atoms with Gasteiger partial charge >= 0.3 is 0 Å². The topological polar surface area (TPSA) is 52.7 Å². The summed E-state index contributed by atoms with van der Waals surface area (Å²) in [5, 5.41) is 3.30. The van der Waals surface area contributed by atoms with Gasteiger partial charge in [-0.2, -0.15) is 0 Å². The Kier molecular flexibility index (Phi) is 3.14. The molecule has 2 atom stereocenters. The van der Waals surface area contributed by atoms with E-state index in [1.165, 1.54) is 0 Å². The predicted octanol–water partition coefficient (Wildman–Crippen LogP) is -0.715. The molecule has 16 heavy (non-hydrogen) atoms. The summed E-state index contributed by atoms with van der Waals surface area (Å²) in [4.78, 5) is 27.1. The van der Waals surface area contributed by atoms with E-state index in [1.807, 2.05) is 4.90 Å². The van der Waals surface area contributed by atoms with Gasteiger partial charge in [-0.05, 0) is 6.92 Å². The summed E-state index contributed by atoms with van der Waals surface area (Å²) in [6.07, 6.45) is 0.383. The number of carbonyl (C=O) groups is 2. The number of hydrogen-bond donors (Lipinski definition) is 1. The van der Waals surface area contributed by atoms with Gasteiger partial charge in [0.1, 0.15) is 0 Å². The van der Waals surface area contributed by atoms with Crippen LogP contribution in [0.3, 0.4) is 0 Å². The zero-order valence-electron chi connectivity index (χ0n) is 9.90. The lowest BCUT2D eigenvalue weighted by Gasteiger charge is -2.33. The molecule has 2 fully saturated rings. The third-order valence-corrected chi connectivity index (χ3v) is 3.37. The van der Waals surface area contributed by atoms with Gasteiger partial charge in [-0.25, -0.2) is 0 Å². The first kappa shape index (κ1) is 11.4. The largest absolute Gasteiger partial charge is 0.345 e. The van der Waals surface area contributed by atoms with Crippen LogP contribution >= 0.6 is 0 Å². The zero-order valence-corrected chi connectivity index (χ0v) is 9.90. The van der Waals surface area contributed by atoms with Gasteiger partial charge in [-0.15, -0.1) is 0 Å². The van der Waals surface area contributed by atoms with Crippen LogP contribution in [0.15, 0.2) is 0 Å². The number of carbonyl (C=O) groups excluding carboxylic acids is 2. The van der Waals surface area contributed by atoms with Crippen molar-refractivity contribution in [1.29, 1.82) is 0 Å². The van der Waals surface area contributed by atoms with E-state index in [2.05, 4.69) is 12.2 Å². The molecule has 2 unspecified atom stereocenters. The van der Waals surface area contributed by atoms with Gasteiger partial charge in [0, 0.05) is 45.7 Å². The van der Waals surface area contributed by atoms with E-state index < -0.39 is 0 Å². The van der Waals surface area contributed by atoms with E-state index in [4.69, 9.17) is 0 Å². The summed E-state index contributed by atoms with van der Waals surface area (Å²) >= 11 is 0. The molecule has 2 rings (SSSR count). The first-order valence-corrected chi connectivity index (χ1v) is 5.84. The fourth-order valence-corrected chi connectivity index (χ4v) is 2.42. The first-order chi connectivity index (χ1) is 7.58. The van der Waals surface area contributed by atoms with E-state index in [1.54, 1.807) is 11.9 Å². The third-order valence-electron chi connectivity index (χ3n) is 3.37. The van der Waals surface area contributed by atoms with Crippen LogP contribution in [0, 0.1) is 5.92 Å². The van der Waals surface area contributed by atoms with Gasteiger partial charge in [0.15, 0.2) is 0 Å². The van der Waals surface area contributed by atoms with Crippen LogP contribution in [0.5, 0.6) is 0 Å². The van der Waals surface area contributed by atoms with Crippen LogP contribution in [0.4, 0.5) is 0 Å². The Labute approximate surface area is 95.8 Å². The maximum atomic E-state index is 12.2. The molecule has 1 N–H and O–H groups in total. The van der Waals surface area contributed by atoms with Gasteiger partial charge in [0.2, 0.25) is 11.8 Å². The maximum absolute atomic E-state index is 12.2. The van der Waals surface area contributed by atoms with E-state index in [0.29, 0.717) is 19.0 Å². The number of amides is 2. The molecule has 0 aromatic heterocycles. The lowest BCUT2D eigenvalue weighted by molar-refractivity contribution is -0.136. The maximum Gasteiger partial charge on any atom is 0.228 e. The highest BCUT2D eigenvalue weighted by Crippen LogP contribution is 2.19. The molecular formula is C11H19N3O2. The van der Waals surface area contributed by atoms with Crippen molar-refractivity contribution in [2.45, 2.75) is 19.4 Å². The molecule has 5 nitrogen and oxygen atoms in total. The highest BCUT2D eigenvalue weighted by Gasteiger charge is 2.35. The van der Waals surface area contributed by atoms with Gasteiger partial charge in [-0.3, -0.25) is 9.59 Å². The van der Waals surface area contributed by atoms with Gasteiger partial charge < -0.3 is 15.1 Å². The van der Waals surface area contributed by atoms with Crippen LogP contribution in [0.25, 0.3) is 0 Å². The van der Waals surface area contributed by atoms with Crippen LogP contribution in [0.1, 0.15) is 13.3 Å². The molecule has 2 amide bonds. The fourth-order valence-electron chi connectivity index (χ4n) is 2.42. The van der Waals surface area contributed by atoms with Crippen molar-refractivity contribution in [3.63, 3.8) is 0 Å². The minimum Gasteiger partial charge on any atom is -0.345 e. The van der Waals surface area contributed by atoms with E-state index in [9.17, 15) is 9.59 Å². The van der Waals surface area contributed by atoms with E-state index in [0.717, 1.165) is 19.6 Å². The van der Waals surface area contributed by atoms with Crippen molar-refractivity contribution in [3.8, 4) is 0 Å². The Morgan fingerprint density at radius 2 is 2.19 bits per heavy atom. The number of nitrogens with zero attached hydrogens (tertiary/aromatic N) is 2. The Morgan fingerprint density at radius 1 is 1.44 bits per heavy atom. The normalized spacial score (nSPS) is 31.0. The molecule has 2 heterocycles. The van der Waals surface area contributed by atoms with Crippen molar-refractivity contribution < 1.29 is 9.59 Å². The molecule has 0 radical (unpaired) electrons. The molecule has 2 aliphatic rings. The fraction of sp³-hybridized carbons (Fsp3) is 0.818. The molecule has 0 spiro atoms. The average molecular weight is 225 g/mol. The summed E-state index contributed by atoms with van der Waals surface area (Å²) in [6, 6.07) is 0.354.